The first-order valence-corrected chi connectivity index (χ1v) is 7.65. The molecule has 2 aromatic rings. The molecule has 0 radical (unpaired) electrons. The van der Waals surface area contributed by atoms with Crippen LogP contribution in [0.15, 0.2) is 36.4 Å². The second-order valence-electron chi connectivity index (χ2n) is 5.62. The fraction of sp³-hybridized carbons (Fsp3) is 0.278. The first kappa shape index (κ1) is 13.9. The second kappa shape index (κ2) is 5.50. The van der Waals surface area contributed by atoms with Crippen molar-refractivity contribution in [2.45, 2.75) is 12.8 Å². The van der Waals surface area contributed by atoms with Gasteiger partial charge in [0, 0.05) is 17.8 Å². The van der Waals surface area contributed by atoms with Gasteiger partial charge in [0.2, 0.25) is 6.79 Å². The highest BCUT2D eigenvalue weighted by Gasteiger charge is 2.25. The number of rotatable bonds is 2. The van der Waals surface area contributed by atoms with E-state index in [0.29, 0.717) is 23.6 Å². The number of anilines is 1. The average molecular weight is 311 g/mol. The standard InChI is InChI=1S/C18H17NO4/c1-21-14-5-6-15-12(9-14)3-2-8-19(15)18(20)13-4-7-16-17(10-13)23-11-22-16/h4-7,9-10H,2-3,8,11H2,1H3. The van der Waals surface area contributed by atoms with Crippen LogP contribution in [0.3, 0.4) is 0 Å². The Morgan fingerprint density at radius 1 is 1.13 bits per heavy atom. The molecular formula is C18H17NO4. The van der Waals surface area contributed by atoms with Gasteiger partial charge in [-0.1, -0.05) is 0 Å². The van der Waals surface area contributed by atoms with E-state index < -0.39 is 0 Å². The minimum Gasteiger partial charge on any atom is -0.497 e. The van der Waals surface area contributed by atoms with Crippen LogP contribution in [0.4, 0.5) is 5.69 Å². The van der Waals surface area contributed by atoms with E-state index in [4.69, 9.17) is 14.2 Å². The van der Waals surface area contributed by atoms with Gasteiger partial charge in [-0.25, -0.2) is 0 Å². The lowest BCUT2D eigenvalue weighted by Crippen LogP contribution is -2.35. The Bertz CT molecular complexity index is 772. The topological polar surface area (TPSA) is 48.0 Å². The lowest BCUT2D eigenvalue weighted by Gasteiger charge is -2.30. The van der Waals surface area contributed by atoms with Crippen molar-refractivity contribution in [1.29, 1.82) is 0 Å². The Labute approximate surface area is 134 Å². The molecule has 2 aromatic carbocycles. The quantitative estimate of drug-likeness (QED) is 0.855. The van der Waals surface area contributed by atoms with Gasteiger partial charge in [-0.2, -0.15) is 0 Å². The minimum atomic E-state index is -0.0191. The third-order valence-corrected chi connectivity index (χ3v) is 4.27. The van der Waals surface area contributed by atoms with E-state index in [1.165, 1.54) is 0 Å². The predicted octanol–water partition coefficient (Wildman–Crippen LogP) is 3.02. The molecular weight excluding hydrogens is 294 g/mol. The molecule has 2 aliphatic heterocycles. The third-order valence-electron chi connectivity index (χ3n) is 4.27. The maximum atomic E-state index is 12.9. The fourth-order valence-corrected chi connectivity index (χ4v) is 3.10. The molecule has 1 amide bonds. The van der Waals surface area contributed by atoms with Crippen molar-refractivity contribution in [1.82, 2.24) is 0 Å². The Morgan fingerprint density at radius 3 is 2.87 bits per heavy atom. The van der Waals surface area contributed by atoms with Crippen LogP contribution in [0.2, 0.25) is 0 Å². The van der Waals surface area contributed by atoms with Gasteiger partial charge in [-0.15, -0.1) is 0 Å². The molecule has 0 N–H and O–H groups in total. The zero-order valence-electron chi connectivity index (χ0n) is 12.9. The number of methoxy groups -OCH3 is 1. The molecule has 5 heteroatoms. The lowest BCUT2D eigenvalue weighted by molar-refractivity contribution is 0.0984. The summed E-state index contributed by atoms with van der Waals surface area (Å²) >= 11 is 0. The molecule has 0 unspecified atom stereocenters. The molecule has 0 atom stereocenters. The highest BCUT2D eigenvalue weighted by atomic mass is 16.7. The zero-order valence-corrected chi connectivity index (χ0v) is 12.9. The molecule has 0 saturated heterocycles. The minimum absolute atomic E-state index is 0.0191. The van der Waals surface area contributed by atoms with E-state index >= 15 is 0 Å². The number of carbonyl (C=O) groups is 1. The van der Waals surface area contributed by atoms with E-state index in [9.17, 15) is 4.79 Å². The van der Waals surface area contributed by atoms with Crippen molar-refractivity contribution in [3.8, 4) is 17.2 Å². The molecule has 0 saturated carbocycles. The van der Waals surface area contributed by atoms with Crippen molar-refractivity contribution >= 4 is 11.6 Å². The molecule has 0 aromatic heterocycles. The summed E-state index contributed by atoms with van der Waals surface area (Å²) in [6, 6.07) is 11.2. The zero-order chi connectivity index (χ0) is 15.8. The summed E-state index contributed by atoms with van der Waals surface area (Å²) in [5.74, 6) is 2.11. The summed E-state index contributed by atoms with van der Waals surface area (Å²) in [6.07, 6.45) is 1.90. The number of nitrogens with zero attached hydrogens (tertiary/aromatic N) is 1. The maximum absolute atomic E-state index is 12.9. The molecule has 23 heavy (non-hydrogen) atoms. The van der Waals surface area contributed by atoms with Crippen molar-refractivity contribution in [3.05, 3.63) is 47.5 Å². The summed E-state index contributed by atoms with van der Waals surface area (Å²) in [5, 5.41) is 0. The number of fused-ring (bicyclic) bond motifs is 2. The van der Waals surface area contributed by atoms with Gasteiger partial charge >= 0.3 is 0 Å². The number of aryl methyl sites for hydroxylation is 1. The molecule has 0 aliphatic carbocycles. The van der Waals surface area contributed by atoms with Crippen molar-refractivity contribution in [3.63, 3.8) is 0 Å². The Kier molecular flexibility index (Phi) is 3.33. The number of benzene rings is 2. The molecule has 118 valence electrons. The third kappa shape index (κ3) is 2.38. The fourth-order valence-electron chi connectivity index (χ4n) is 3.10. The van der Waals surface area contributed by atoms with E-state index in [0.717, 1.165) is 29.8 Å². The van der Waals surface area contributed by atoms with Gasteiger partial charge < -0.3 is 19.1 Å². The number of ether oxygens (including phenoxy) is 3. The number of amides is 1. The number of hydrogen-bond donors (Lipinski definition) is 0. The largest absolute Gasteiger partial charge is 0.497 e. The number of hydrogen-bond acceptors (Lipinski definition) is 4. The first-order valence-electron chi connectivity index (χ1n) is 7.65. The van der Waals surface area contributed by atoms with Gasteiger partial charge in [0.1, 0.15) is 5.75 Å². The van der Waals surface area contributed by atoms with Crippen LogP contribution in [0.1, 0.15) is 22.3 Å². The van der Waals surface area contributed by atoms with Gasteiger partial charge in [-0.3, -0.25) is 4.79 Å². The number of carbonyl (C=O) groups excluding carboxylic acids is 1. The SMILES string of the molecule is COc1ccc2c(c1)CCCN2C(=O)c1ccc2c(c1)OCO2. The van der Waals surface area contributed by atoms with E-state index in [-0.39, 0.29) is 12.7 Å². The van der Waals surface area contributed by atoms with E-state index in [1.807, 2.05) is 23.1 Å². The predicted molar refractivity (Wildman–Crippen MR) is 85.6 cm³/mol. The molecule has 2 heterocycles. The first-order chi connectivity index (χ1) is 11.3. The summed E-state index contributed by atoms with van der Waals surface area (Å²) in [7, 11) is 1.65. The van der Waals surface area contributed by atoms with E-state index in [2.05, 4.69) is 0 Å². The Balaban J connectivity index is 1.67. The van der Waals surface area contributed by atoms with Crippen LogP contribution in [-0.2, 0) is 6.42 Å². The summed E-state index contributed by atoms with van der Waals surface area (Å²) in [6.45, 7) is 0.923. The van der Waals surface area contributed by atoms with Crippen LogP contribution in [0.25, 0.3) is 0 Å². The molecule has 0 spiro atoms. The summed E-state index contributed by atoms with van der Waals surface area (Å²) in [5.41, 5.74) is 2.71. The molecule has 5 nitrogen and oxygen atoms in total. The average Bonchev–Trinajstić information content (AvgIpc) is 3.07. The van der Waals surface area contributed by atoms with Gasteiger partial charge in [0.25, 0.3) is 5.91 Å². The smallest absolute Gasteiger partial charge is 0.258 e. The highest BCUT2D eigenvalue weighted by Crippen LogP contribution is 2.35. The highest BCUT2D eigenvalue weighted by molar-refractivity contribution is 6.07. The monoisotopic (exact) mass is 311 g/mol. The van der Waals surface area contributed by atoms with Crippen molar-refractivity contribution in [2.24, 2.45) is 0 Å². The molecule has 0 bridgehead atoms. The summed E-state index contributed by atoms with van der Waals surface area (Å²) in [4.78, 5) is 14.7. The van der Waals surface area contributed by atoms with E-state index in [1.54, 1.807) is 25.3 Å². The molecule has 4 rings (SSSR count). The Morgan fingerprint density at radius 2 is 2.00 bits per heavy atom. The molecule has 2 aliphatic rings. The van der Waals surface area contributed by atoms with Crippen LogP contribution in [0.5, 0.6) is 17.2 Å². The van der Waals surface area contributed by atoms with Crippen LogP contribution < -0.4 is 19.1 Å². The van der Waals surface area contributed by atoms with Crippen molar-refractivity contribution < 1.29 is 19.0 Å². The van der Waals surface area contributed by atoms with Crippen LogP contribution >= 0.6 is 0 Å². The van der Waals surface area contributed by atoms with Crippen molar-refractivity contribution in [2.75, 3.05) is 25.3 Å². The maximum Gasteiger partial charge on any atom is 0.258 e. The van der Waals surface area contributed by atoms with Crippen LogP contribution in [0, 0.1) is 0 Å². The van der Waals surface area contributed by atoms with Gasteiger partial charge in [0.15, 0.2) is 11.5 Å². The molecule has 0 fully saturated rings. The normalized spacial score (nSPS) is 15.3. The second-order valence-corrected chi connectivity index (χ2v) is 5.62. The van der Waals surface area contributed by atoms with Crippen LogP contribution in [-0.4, -0.2) is 26.4 Å². The van der Waals surface area contributed by atoms with Gasteiger partial charge in [-0.05, 0) is 54.8 Å². The summed E-state index contributed by atoms with van der Waals surface area (Å²) < 4.78 is 15.9. The Hall–Kier alpha value is -2.69. The lowest BCUT2D eigenvalue weighted by atomic mass is 10.0. The van der Waals surface area contributed by atoms with Gasteiger partial charge in [0.05, 0.1) is 7.11 Å².